The summed E-state index contributed by atoms with van der Waals surface area (Å²) in [7, 11) is 1.48. The van der Waals surface area contributed by atoms with Crippen molar-refractivity contribution >= 4 is 6.21 Å². The van der Waals surface area contributed by atoms with E-state index in [1.165, 1.54) is 13.3 Å². The first-order valence-corrected chi connectivity index (χ1v) is 7.99. The Balaban J connectivity index is 2.01. The van der Waals surface area contributed by atoms with Crippen LogP contribution in [0.25, 0.3) is 0 Å². The topological polar surface area (TPSA) is 65.8 Å². The van der Waals surface area contributed by atoms with E-state index in [0.717, 1.165) is 28.3 Å². The molecule has 0 saturated heterocycles. The Bertz CT molecular complexity index is 717. The average Bonchev–Trinajstić information content (AvgIpc) is 2.60. The van der Waals surface area contributed by atoms with Crippen LogP contribution in [0, 0.1) is 13.8 Å². The molecule has 0 aliphatic heterocycles. The third kappa shape index (κ3) is 5.60. The molecule has 25 heavy (non-hydrogen) atoms. The van der Waals surface area contributed by atoms with Crippen LogP contribution in [0.15, 0.2) is 41.8 Å². The molecule has 6 heteroatoms. The molecule has 0 saturated carbocycles. The number of benzene rings is 1. The van der Waals surface area contributed by atoms with Gasteiger partial charge in [0.1, 0.15) is 37.5 Å². The van der Waals surface area contributed by atoms with Gasteiger partial charge in [0.05, 0.1) is 24.3 Å². The maximum absolute atomic E-state index is 5.92. The van der Waals surface area contributed by atoms with Crippen molar-refractivity contribution in [2.45, 2.75) is 27.4 Å². The highest BCUT2D eigenvalue weighted by Gasteiger charge is 2.08. The summed E-state index contributed by atoms with van der Waals surface area (Å²) >= 11 is 0. The quantitative estimate of drug-likeness (QED) is 0.417. The Kier molecular flexibility index (Phi) is 6.95. The molecule has 0 atom stereocenters. The van der Waals surface area contributed by atoms with Crippen LogP contribution in [0.1, 0.15) is 29.4 Å². The molecule has 0 fully saturated rings. The van der Waals surface area contributed by atoms with E-state index in [1.54, 1.807) is 12.4 Å². The second kappa shape index (κ2) is 9.42. The lowest BCUT2D eigenvalue weighted by molar-refractivity contribution is 0.215. The van der Waals surface area contributed by atoms with Crippen molar-refractivity contribution in [3.8, 4) is 11.5 Å². The third-order valence-corrected chi connectivity index (χ3v) is 3.40. The van der Waals surface area contributed by atoms with Crippen molar-refractivity contribution in [3.63, 3.8) is 0 Å². The maximum atomic E-state index is 5.92. The van der Waals surface area contributed by atoms with Crippen LogP contribution < -0.4 is 9.47 Å². The number of allylic oxidation sites excluding steroid dienone is 1. The van der Waals surface area contributed by atoms with Crippen LogP contribution >= 0.6 is 0 Å². The van der Waals surface area contributed by atoms with E-state index in [4.69, 9.17) is 9.47 Å². The Hall–Kier alpha value is -2.89. The lowest BCUT2D eigenvalue weighted by Gasteiger charge is -2.14. The molecule has 0 amide bonds. The summed E-state index contributed by atoms with van der Waals surface area (Å²) < 4.78 is 11.6. The molecule has 2 aromatic rings. The van der Waals surface area contributed by atoms with Gasteiger partial charge in [-0.2, -0.15) is 0 Å². The molecule has 1 heterocycles. The second-order valence-electron chi connectivity index (χ2n) is 5.40. The van der Waals surface area contributed by atoms with Gasteiger partial charge in [-0.15, -0.1) is 0 Å². The minimum Gasteiger partial charge on any atom is -0.490 e. The molecule has 0 bridgehead atoms. The Morgan fingerprint density at radius 3 is 2.44 bits per heavy atom. The summed E-state index contributed by atoms with van der Waals surface area (Å²) in [5.41, 5.74) is 3.40. The molecule has 0 unspecified atom stereocenters. The molecule has 1 aromatic heterocycles. The van der Waals surface area contributed by atoms with Gasteiger partial charge in [-0.1, -0.05) is 17.3 Å². The molecule has 0 N–H and O–H groups in total. The van der Waals surface area contributed by atoms with Crippen LogP contribution in [-0.4, -0.2) is 29.9 Å². The van der Waals surface area contributed by atoms with Crippen LogP contribution in [0.2, 0.25) is 0 Å². The standard InChI is InChI=1S/C19H23N3O3/c1-5-6-7-24-18-8-14(2)19(15(3)9-18)25-13-17-11-20-16(10-21-17)12-22-23-4/h5-6,8-12H,7,13H2,1-4H3/b6-5+,22-12?. The Morgan fingerprint density at radius 1 is 1.08 bits per heavy atom. The van der Waals surface area contributed by atoms with Crippen molar-refractivity contribution in [2.75, 3.05) is 13.7 Å². The zero-order chi connectivity index (χ0) is 18.1. The smallest absolute Gasteiger partial charge is 0.132 e. The lowest BCUT2D eigenvalue weighted by Crippen LogP contribution is -2.03. The molecule has 2 rings (SSSR count). The fourth-order valence-electron chi connectivity index (χ4n) is 2.22. The van der Waals surface area contributed by atoms with E-state index < -0.39 is 0 Å². The number of aryl methyl sites for hydroxylation is 2. The average molecular weight is 341 g/mol. The van der Waals surface area contributed by atoms with Gasteiger partial charge in [-0.25, -0.2) is 0 Å². The van der Waals surface area contributed by atoms with Gasteiger partial charge in [0.15, 0.2) is 0 Å². The van der Waals surface area contributed by atoms with Crippen LogP contribution in [0.5, 0.6) is 11.5 Å². The summed E-state index contributed by atoms with van der Waals surface area (Å²) in [6, 6.07) is 3.95. The molecule has 0 aliphatic carbocycles. The first kappa shape index (κ1) is 18.4. The van der Waals surface area contributed by atoms with Crippen LogP contribution in [-0.2, 0) is 11.4 Å². The molecule has 0 radical (unpaired) electrons. The van der Waals surface area contributed by atoms with Gasteiger partial charge < -0.3 is 14.3 Å². The first-order chi connectivity index (χ1) is 12.1. The van der Waals surface area contributed by atoms with Gasteiger partial charge in [0, 0.05) is 0 Å². The SMILES string of the molecule is C/C=C/COc1cc(C)c(OCc2cnc(C=NOC)cn2)c(C)c1. The number of ether oxygens (including phenoxy) is 2. The Labute approximate surface area is 148 Å². The summed E-state index contributed by atoms with van der Waals surface area (Å²) in [5, 5.41) is 3.65. The molecule has 132 valence electrons. The molecule has 0 aliphatic rings. The number of oxime groups is 1. The first-order valence-electron chi connectivity index (χ1n) is 7.99. The van der Waals surface area contributed by atoms with E-state index in [2.05, 4.69) is 20.0 Å². The molecular formula is C19H23N3O3. The van der Waals surface area contributed by atoms with E-state index in [-0.39, 0.29) is 0 Å². The predicted molar refractivity (Wildman–Crippen MR) is 97.2 cm³/mol. The van der Waals surface area contributed by atoms with Crippen molar-refractivity contribution < 1.29 is 14.3 Å². The second-order valence-corrected chi connectivity index (χ2v) is 5.40. The normalized spacial score (nSPS) is 11.2. The third-order valence-electron chi connectivity index (χ3n) is 3.40. The molecule has 6 nitrogen and oxygen atoms in total. The van der Waals surface area contributed by atoms with Gasteiger partial charge in [-0.3, -0.25) is 9.97 Å². The highest BCUT2D eigenvalue weighted by Crippen LogP contribution is 2.29. The van der Waals surface area contributed by atoms with Crippen LogP contribution in [0.4, 0.5) is 0 Å². The van der Waals surface area contributed by atoms with Crippen molar-refractivity contribution in [2.24, 2.45) is 5.16 Å². The summed E-state index contributed by atoms with van der Waals surface area (Å²) in [6.07, 6.45) is 8.72. The van der Waals surface area contributed by atoms with E-state index in [1.807, 2.05) is 45.1 Å². The Morgan fingerprint density at radius 2 is 1.84 bits per heavy atom. The number of rotatable bonds is 8. The lowest BCUT2D eigenvalue weighted by atomic mass is 10.1. The fraction of sp³-hybridized carbons (Fsp3) is 0.316. The zero-order valence-electron chi connectivity index (χ0n) is 15.0. The van der Waals surface area contributed by atoms with E-state index >= 15 is 0 Å². The zero-order valence-corrected chi connectivity index (χ0v) is 15.0. The molecule has 1 aromatic carbocycles. The predicted octanol–water partition coefficient (Wildman–Crippen LogP) is 3.61. The van der Waals surface area contributed by atoms with Gasteiger partial charge >= 0.3 is 0 Å². The number of aromatic nitrogens is 2. The summed E-state index contributed by atoms with van der Waals surface area (Å²) in [5.74, 6) is 1.67. The highest BCUT2D eigenvalue weighted by molar-refractivity contribution is 5.75. The van der Waals surface area contributed by atoms with Gasteiger partial charge in [0.2, 0.25) is 0 Å². The number of nitrogens with zero attached hydrogens (tertiary/aromatic N) is 3. The highest BCUT2D eigenvalue weighted by atomic mass is 16.6. The summed E-state index contributed by atoms with van der Waals surface area (Å²) in [6.45, 7) is 6.87. The number of hydrogen-bond acceptors (Lipinski definition) is 6. The minimum absolute atomic E-state index is 0.342. The monoisotopic (exact) mass is 341 g/mol. The van der Waals surface area contributed by atoms with Gasteiger partial charge in [-0.05, 0) is 44.0 Å². The van der Waals surface area contributed by atoms with Crippen molar-refractivity contribution in [1.29, 1.82) is 0 Å². The largest absolute Gasteiger partial charge is 0.490 e. The van der Waals surface area contributed by atoms with Crippen molar-refractivity contribution in [3.05, 3.63) is 59.2 Å². The van der Waals surface area contributed by atoms with E-state index in [9.17, 15) is 0 Å². The van der Waals surface area contributed by atoms with Crippen LogP contribution in [0.3, 0.4) is 0 Å². The van der Waals surface area contributed by atoms with E-state index in [0.29, 0.717) is 18.9 Å². The molecule has 0 spiro atoms. The fourth-order valence-corrected chi connectivity index (χ4v) is 2.22. The minimum atomic E-state index is 0.342. The maximum Gasteiger partial charge on any atom is 0.132 e. The molecular weight excluding hydrogens is 318 g/mol. The summed E-state index contributed by atoms with van der Waals surface area (Å²) in [4.78, 5) is 13.1. The van der Waals surface area contributed by atoms with Gasteiger partial charge in [0.25, 0.3) is 0 Å². The number of hydrogen-bond donors (Lipinski definition) is 0. The van der Waals surface area contributed by atoms with Crippen molar-refractivity contribution in [1.82, 2.24) is 9.97 Å².